The van der Waals surface area contributed by atoms with Crippen LogP contribution in [0.15, 0.2) is 6.07 Å². The molecular formula is C9H10Cl2O2S. The van der Waals surface area contributed by atoms with Gasteiger partial charge in [0.2, 0.25) is 0 Å². The lowest BCUT2D eigenvalue weighted by molar-refractivity contribution is 0.0112. The Hall–Kier alpha value is 0.200. The number of aliphatic hydroxyl groups excluding tert-OH is 1. The van der Waals surface area contributed by atoms with Crippen LogP contribution in [-0.4, -0.2) is 17.8 Å². The number of thiophene rings is 1. The van der Waals surface area contributed by atoms with Crippen molar-refractivity contribution in [1.29, 1.82) is 0 Å². The second-order valence-corrected chi connectivity index (χ2v) is 5.57. The third-order valence-electron chi connectivity index (χ3n) is 2.34. The summed E-state index contributed by atoms with van der Waals surface area (Å²) in [5.41, 5.74) is 0.956. The maximum absolute atomic E-state index is 8.92. The molecule has 2 heterocycles. The molecule has 0 saturated carbocycles. The van der Waals surface area contributed by atoms with Gasteiger partial charge in [-0.3, -0.25) is 0 Å². The monoisotopic (exact) mass is 252 g/mol. The van der Waals surface area contributed by atoms with Crippen molar-refractivity contribution in [2.45, 2.75) is 25.0 Å². The number of ether oxygens (including phenoxy) is 1. The molecule has 0 spiro atoms. The first-order valence-corrected chi connectivity index (χ1v) is 5.99. The molecule has 2 nitrogen and oxygen atoms in total. The van der Waals surface area contributed by atoms with Crippen molar-refractivity contribution < 1.29 is 9.84 Å². The topological polar surface area (TPSA) is 29.5 Å². The molecule has 2 atom stereocenters. The smallest absolute Gasteiger partial charge is 0.100 e. The lowest BCUT2D eigenvalue weighted by Crippen LogP contribution is -2.10. The van der Waals surface area contributed by atoms with E-state index in [1.807, 2.05) is 6.07 Å². The second kappa shape index (κ2) is 4.37. The first-order valence-electron chi connectivity index (χ1n) is 4.41. The fourth-order valence-electron chi connectivity index (χ4n) is 1.64. The van der Waals surface area contributed by atoms with E-state index in [2.05, 4.69) is 0 Å². The summed E-state index contributed by atoms with van der Waals surface area (Å²) in [6, 6.07) is 1.85. The number of halogens is 2. The minimum absolute atomic E-state index is 0.00315. The molecule has 0 radical (unpaired) electrons. The van der Waals surface area contributed by atoms with E-state index in [9.17, 15) is 0 Å². The van der Waals surface area contributed by atoms with E-state index < -0.39 is 0 Å². The first-order chi connectivity index (χ1) is 6.70. The molecule has 14 heavy (non-hydrogen) atoms. The van der Waals surface area contributed by atoms with Crippen LogP contribution in [0, 0.1) is 0 Å². The zero-order valence-corrected chi connectivity index (χ0v) is 9.70. The van der Waals surface area contributed by atoms with Crippen molar-refractivity contribution in [3.8, 4) is 0 Å². The van der Waals surface area contributed by atoms with Crippen LogP contribution in [0.25, 0.3) is 0 Å². The lowest BCUT2D eigenvalue weighted by atomic mass is 10.1. The highest BCUT2D eigenvalue weighted by atomic mass is 35.5. The molecule has 5 heteroatoms. The van der Waals surface area contributed by atoms with E-state index in [1.165, 1.54) is 11.3 Å². The molecule has 1 aliphatic heterocycles. The molecule has 1 saturated heterocycles. The molecule has 0 bridgehead atoms. The molecular weight excluding hydrogens is 243 g/mol. The van der Waals surface area contributed by atoms with Crippen LogP contribution in [0.3, 0.4) is 0 Å². The van der Waals surface area contributed by atoms with Gasteiger partial charge < -0.3 is 9.84 Å². The van der Waals surface area contributed by atoms with Gasteiger partial charge in [0.15, 0.2) is 0 Å². The molecule has 2 unspecified atom stereocenters. The van der Waals surface area contributed by atoms with Crippen LogP contribution in [0.2, 0.25) is 8.67 Å². The molecule has 1 aromatic heterocycles. The molecule has 0 aliphatic carbocycles. The van der Waals surface area contributed by atoms with E-state index in [-0.39, 0.29) is 18.8 Å². The van der Waals surface area contributed by atoms with E-state index in [1.54, 1.807) is 0 Å². The molecule has 1 N–H and O–H groups in total. The van der Waals surface area contributed by atoms with Gasteiger partial charge in [0.25, 0.3) is 0 Å². The van der Waals surface area contributed by atoms with Crippen LogP contribution in [0.1, 0.15) is 24.5 Å². The lowest BCUT2D eigenvalue weighted by Gasteiger charge is -2.10. The molecule has 1 fully saturated rings. The van der Waals surface area contributed by atoms with Crippen molar-refractivity contribution >= 4 is 34.5 Å². The Labute approximate surface area is 96.4 Å². The predicted octanol–water partition coefficient (Wildman–Crippen LogP) is 3.27. The van der Waals surface area contributed by atoms with Crippen molar-refractivity contribution in [2.24, 2.45) is 0 Å². The summed E-state index contributed by atoms with van der Waals surface area (Å²) < 4.78 is 6.98. The fourth-order valence-corrected chi connectivity index (χ4v) is 3.20. The van der Waals surface area contributed by atoms with Gasteiger partial charge in [0.05, 0.1) is 23.2 Å². The Bertz CT molecular complexity index is 327. The Kier molecular flexibility index (Phi) is 3.34. The minimum Gasteiger partial charge on any atom is -0.394 e. The third kappa shape index (κ3) is 2.07. The van der Waals surface area contributed by atoms with Crippen LogP contribution >= 0.6 is 34.5 Å². The number of hydrogen-bond donors (Lipinski definition) is 1. The maximum Gasteiger partial charge on any atom is 0.100 e. The van der Waals surface area contributed by atoms with E-state index >= 15 is 0 Å². The Morgan fingerprint density at radius 3 is 2.79 bits per heavy atom. The largest absolute Gasteiger partial charge is 0.394 e. The Morgan fingerprint density at radius 1 is 1.50 bits per heavy atom. The maximum atomic E-state index is 8.92. The van der Waals surface area contributed by atoms with E-state index in [4.69, 9.17) is 33.0 Å². The summed E-state index contributed by atoms with van der Waals surface area (Å²) in [5, 5.41) is 8.92. The number of aliphatic hydroxyl groups is 1. The summed E-state index contributed by atoms with van der Waals surface area (Å²) in [6.07, 6.45) is 1.74. The standard InChI is InChI=1S/C9H10Cl2O2S/c10-8-3-6(9(11)14-8)7-2-1-5(4-12)13-7/h3,5,7,12H,1-2,4H2. The summed E-state index contributed by atoms with van der Waals surface area (Å²) in [4.78, 5) is 0. The second-order valence-electron chi connectivity index (χ2n) is 3.29. The number of rotatable bonds is 2. The van der Waals surface area contributed by atoms with Crippen LogP contribution in [0.5, 0.6) is 0 Å². The van der Waals surface area contributed by atoms with Gasteiger partial charge in [-0.15, -0.1) is 11.3 Å². The first kappa shape index (κ1) is 10.7. The van der Waals surface area contributed by atoms with Gasteiger partial charge >= 0.3 is 0 Å². The summed E-state index contributed by atoms with van der Waals surface area (Å²) in [6.45, 7) is 0.0754. The van der Waals surface area contributed by atoms with E-state index in [0.29, 0.717) is 8.67 Å². The molecule has 2 rings (SSSR count). The van der Waals surface area contributed by atoms with Gasteiger partial charge in [-0.1, -0.05) is 23.2 Å². The SMILES string of the molecule is OCC1CCC(c2cc(Cl)sc2Cl)O1. The fraction of sp³-hybridized carbons (Fsp3) is 0.556. The highest BCUT2D eigenvalue weighted by Crippen LogP contribution is 2.41. The highest BCUT2D eigenvalue weighted by molar-refractivity contribution is 7.20. The van der Waals surface area contributed by atoms with Crippen molar-refractivity contribution in [1.82, 2.24) is 0 Å². The van der Waals surface area contributed by atoms with Crippen molar-refractivity contribution in [3.05, 3.63) is 20.3 Å². The normalized spacial score (nSPS) is 27.1. The predicted molar refractivity (Wildman–Crippen MR) is 58.3 cm³/mol. The average Bonchev–Trinajstić information content (AvgIpc) is 2.71. The van der Waals surface area contributed by atoms with Gasteiger partial charge in [0.1, 0.15) is 4.34 Å². The van der Waals surface area contributed by atoms with Gasteiger partial charge in [-0.25, -0.2) is 0 Å². The molecule has 78 valence electrons. The summed E-state index contributed by atoms with van der Waals surface area (Å²) in [5.74, 6) is 0. The van der Waals surface area contributed by atoms with Crippen LogP contribution in [-0.2, 0) is 4.74 Å². The number of hydrogen-bond acceptors (Lipinski definition) is 3. The average molecular weight is 253 g/mol. The quantitative estimate of drug-likeness (QED) is 0.876. The Morgan fingerprint density at radius 2 is 2.29 bits per heavy atom. The zero-order chi connectivity index (χ0) is 10.1. The van der Waals surface area contributed by atoms with Crippen LogP contribution < -0.4 is 0 Å². The van der Waals surface area contributed by atoms with Gasteiger partial charge in [-0.05, 0) is 18.9 Å². The minimum atomic E-state index is -0.0465. The molecule has 1 aromatic rings. The molecule has 1 aliphatic rings. The van der Waals surface area contributed by atoms with E-state index in [0.717, 1.165) is 18.4 Å². The highest BCUT2D eigenvalue weighted by Gasteiger charge is 2.28. The van der Waals surface area contributed by atoms with Crippen molar-refractivity contribution in [3.63, 3.8) is 0 Å². The molecule has 0 aromatic carbocycles. The van der Waals surface area contributed by atoms with Crippen molar-refractivity contribution in [2.75, 3.05) is 6.61 Å². The van der Waals surface area contributed by atoms with Gasteiger partial charge in [-0.2, -0.15) is 0 Å². The summed E-state index contributed by atoms with van der Waals surface area (Å²) >= 11 is 13.2. The molecule has 0 amide bonds. The Balaban J connectivity index is 2.13. The summed E-state index contributed by atoms with van der Waals surface area (Å²) in [7, 11) is 0. The zero-order valence-electron chi connectivity index (χ0n) is 7.37. The van der Waals surface area contributed by atoms with Crippen LogP contribution in [0.4, 0.5) is 0 Å². The van der Waals surface area contributed by atoms with Gasteiger partial charge in [0, 0.05) is 5.56 Å². The third-order valence-corrected chi connectivity index (χ3v) is 3.86.